The van der Waals surface area contributed by atoms with Gasteiger partial charge in [0.05, 0.1) is 4.90 Å². The SMILES string of the molecule is O=C(C1NCCc2cc(O)ccc21)N(O)S(=O)(=O)c1ccccc1. The number of hydroxylamine groups is 1. The highest BCUT2D eigenvalue weighted by Crippen LogP contribution is 2.28. The van der Waals surface area contributed by atoms with Gasteiger partial charge in [0.2, 0.25) is 0 Å². The minimum atomic E-state index is -4.35. The Hall–Kier alpha value is -2.42. The molecule has 0 fully saturated rings. The van der Waals surface area contributed by atoms with Crippen molar-refractivity contribution in [3.05, 3.63) is 59.7 Å². The molecule has 1 amide bonds. The summed E-state index contributed by atoms with van der Waals surface area (Å²) in [4.78, 5) is 12.4. The molecular formula is C16H16N2O5S. The zero-order valence-corrected chi connectivity index (χ0v) is 13.4. The van der Waals surface area contributed by atoms with E-state index in [0.29, 0.717) is 18.5 Å². The number of carbonyl (C=O) groups excluding carboxylic acids is 1. The molecule has 1 unspecified atom stereocenters. The molecule has 2 aromatic carbocycles. The molecule has 0 radical (unpaired) electrons. The number of phenolic OH excluding ortho intramolecular Hbond substituents is 1. The van der Waals surface area contributed by atoms with Gasteiger partial charge in [-0.2, -0.15) is 8.42 Å². The van der Waals surface area contributed by atoms with Crippen LogP contribution in [0.1, 0.15) is 17.2 Å². The van der Waals surface area contributed by atoms with Crippen molar-refractivity contribution >= 4 is 15.9 Å². The first-order valence-corrected chi connectivity index (χ1v) is 8.73. The number of rotatable bonds is 3. The zero-order valence-electron chi connectivity index (χ0n) is 12.6. The quantitative estimate of drug-likeness (QED) is 0.568. The average Bonchev–Trinajstić information content (AvgIpc) is 2.60. The summed E-state index contributed by atoms with van der Waals surface area (Å²) < 4.78 is 24.5. The largest absolute Gasteiger partial charge is 0.508 e. The summed E-state index contributed by atoms with van der Waals surface area (Å²) >= 11 is 0. The lowest BCUT2D eigenvalue weighted by Crippen LogP contribution is -2.44. The van der Waals surface area contributed by atoms with Gasteiger partial charge in [0.15, 0.2) is 0 Å². The molecule has 1 aliphatic rings. The van der Waals surface area contributed by atoms with Crippen LogP contribution in [0.3, 0.4) is 0 Å². The number of sulfonamides is 1. The van der Waals surface area contributed by atoms with Gasteiger partial charge in [-0.15, -0.1) is 4.47 Å². The molecule has 0 spiro atoms. The molecule has 3 rings (SSSR count). The molecule has 1 aliphatic heterocycles. The molecule has 0 bridgehead atoms. The van der Waals surface area contributed by atoms with Crippen LogP contribution >= 0.6 is 0 Å². The monoisotopic (exact) mass is 348 g/mol. The third-order valence-electron chi connectivity index (χ3n) is 3.88. The van der Waals surface area contributed by atoms with Gasteiger partial charge in [0.1, 0.15) is 11.8 Å². The van der Waals surface area contributed by atoms with Crippen LogP contribution in [0.25, 0.3) is 0 Å². The van der Waals surface area contributed by atoms with E-state index in [4.69, 9.17) is 0 Å². The summed E-state index contributed by atoms with van der Waals surface area (Å²) in [6, 6.07) is 10.7. The van der Waals surface area contributed by atoms with Crippen molar-refractivity contribution < 1.29 is 23.5 Å². The molecule has 24 heavy (non-hydrogen) atoms. The molecule has 0 saturated carbocycles. The molecule has 2 aromatic rings. The van der Waals surface area contributed by atoms with Gasteiger partial charge < -0.3 is 10.4 Å². The van der Waals surface area contributed by atoms with E-state index < -0.39 is 22.0 Å². The van der Waals surface area contributed by atoms with Crippen LogP contribution in [0.4, 0.5) is 0 Å². The topological polar surface area (TPSA) is 107 Å². The van der Waals surface area contributed by atoms with Gasteiger partial charge >= 0.3 is 0 Å². The summed E-state index contributed by atoms with van der Waals surface area (Å²) in [7, 11) is -4.35. The molecule has 0 saturated heterocycles. The predicted molar refractivity (Wildman–Crippen MR) is 84.8 cm³/mol. The number of amides is 1. The third-order valence-corrected chi connectivity index (χ3v) is 5.39. The maximum absolute atomic E-state index is 12.5. The number of fused-ring (bicyclic) bond motifs is 1. The van der Waals surface area contributed by atoms with Crippen LogP contribution in [0.5, 0.6) is 5.75 Å². The van der Waals surface area contributed by atoms with Crippen LogP contribution in [-0.4, -0.2) is 35.7 Å². The zero-order chi connectivity index (χ0) is 17.3. The van der Waals surface area contributed by atoms with Crippen LogP contribution in [-0.2, 0) is 21.2 Å². The van der Waals surface area contributed by atoms with E-state index in [9.17, 15) is 23.5 Å². The Labute approximate surface area is 139 Å². The van der Waals surface area contributed by atoms with Crippen molar-refractivity contribution in [2.75, 3.05) is 6.54 Å². The number of carbonyl (C=O) groups is 1. The van der Waals surface area contributed by atoms with E-state index in [-0.39, 0.29) is 15.1 Å². The van der Waals surface area contributed by atoms with Crippen LogP contribution < -0.4 is 5.32 Å². The standard InChI is InChI=1S/C16H16N2O5S/c19-12-6-7-14-11(10-12)8-9-17-15(14)16(20)18(21)24(22,23)13-4-2-1-3-5-13/h1-7,10,15,17,19,21H,8-9H2. The van der Waals surface area contributed by atoms with E-state index in [0.717, 1.165) is 5.56 Å². The highest BCUT2D eigenvalue weighted by atomic mass is 32.2. The van der Waals surface area contributed by atoms with Gasteiger partial charge in [-0.05, 0) is 41.8 Å². The molecule has 3 N–H and O–H groups in total. The first-order chi connectivity index (χ1) is 11.4. The third kappa shape index (κ3) is 2.86. The Morgan fingerprint density at radius 2 is 1.88 bits per heavy atom. The second-order valence-electron chi connectivity index (χ2n) is 5.42. The molecular weight excluding hydrogens is 332 g/mol. The molecule has 7 nitrogen and oxygen atoms in total. The first-order valence-electron chi connectivity index (χ1n) is 7.29. The molecule has 8 heteroatoms. The highest BCUT2D eigenvalue weighted by Gasteiger charge is 2.36. The summed E-state index contributed by atoms with van der Waals surface area (Å²) in [5.41, 5.74) is 1.27. The highest BCUT2D eigenvalue weighted by molar-refractivity contribution is 7.89. The van der Waals surface area contributed by atoms with Crippen molar-refractivity contribution in [1.82, 2.24) is 9.79 Å². The van der Waals surface area contributed by atoms with Crippen LogP contribution in [0.2, 0.25) is 0 Å². The summed E-state index contributed by atoms with van der Waals surface area (Å²) in [5.74, 6) is -0.926. The number of benzene rings is 2. The lowest BCUT2D eigenvalue weighted by atomic mass is 9.94. The van der Waals surface area contributed by atoms with Crippen molar-refractivity contribution in [3.63, 3.8) is 0 Å². The van der Waals surface area contributed by atoms with Crippen molar-refractivity contribution in [1.29, 1.82) is 0 Å². The minimum Gasteiger partial charge on any atom is -0.508 e. The summed E-state index contributed by atoms with van der Waals surface area (Å²) in [6.45, 7) is 0.423. The van der Waals surface area contributed by atoms with E-state index in [1.165, 1.54) is 36.4 Å². The van der Waals surface area contributed by atoms with Gasteiger partial charge in [-0.3, -0.25) is 10.0 Å². The Balaban J connectivity index is 1.93. The number of nitrogens with one attached hydrogen (secondary N) is 1. The van der Waals surface area contributed by atoms with E-state index in [2.05, 4.69) is 5.32 Å². The van der Waals surface area contributed by atoms with Crippen molar-refractivity contribution in [2.24, 2.45) is 0 Å². The smallest absolute Gasteiger partial charge is 0.289 e. The molecule has 1 atom stereocenters. The lowest BCUT2D eigenvalue weighted by molar-refractivity contribution is -0.148. The maximum Gasteiger partial charge on any atom is 0.289 e. The van der Waals surface area contributed by atoms with E-state index >= 15 is 0 Å². The van der Waals surface area contributed by atoms with Crippen molar-refractivity contribution in [2.45, 2.75) is 17.4 Å². The molecule has 1 heterocycles. The van der Waals surface area contributed by atoms with E-state index in [1.807, 2.05) is 0 Å². The second kappa shape index (κ2) is 6.23. The lowest BCUT2D eigenvalue weighted by Gasteiger charge is -2.28. The van der Waals surface area contributed by atoms with Gasteiger partial charge in [0.25, 0.3) is 15.9 Å². The van der Waals surface area contributed by atoms with Gasteiger partial charge in [0, 0.05) is 6.54 Å². The Kier molecular flexibility index (Phi) is 4.27. The molecule has 0 aliphatic carbocycles. The Bertz CT molecular complexity index is 867. The predicted octanol–water partition coefficient (Wildman–Crippen LogP) is 1.19. The minimum absolute atomic E-state index is 0.0691. The average molecular weight is 348 g/mol. The number of hydrogen-bond acceptors (Lipinski definition) is 6. The fraction of sp³-hybridized carbons (Fsp3) is 0.188. The maximum atomic E-state index is 12.5. The first kappa shape index (κ1) is 16.4. The number of nitrogens with zero attached hydrogens (tertiary/aromatic N) is 1. The summed E-state index contributed by atoms with van der Waals surface area (Å²) in [5, 5.41) is 22.5. The fourth-order valence-corrected chi connectivity index (χ4v) is 3.74. The molecule has 0 aromatic heterocycles. The van der Waals surface area contributed by atoms with Crippen molar-refractivity contribution in [3.8, 4) is 5.75 Å². The molecule has 126 valence electrons. The van der Waals surface area contributed by atoms with E-state index in [1.54, 1.807) is 12.1 Å². The Morgan fingerprint density at radius 3 is 2.58 bits per heavy atom. The summed E-state index contributed by atoms with van der Waals surface area (Å²) in [6.07, 6.45) is 0.588. The fourth-order valence-electron chi connectivity index (χ4n) is 2.69. The van der Waals surface area contributed by atoms with Crippen LogP contribution in [0, 0.1) is 0 Å². The normalized spacial score (nSPS) is 17.1. The van der Waals surface area contributed by atoms with Gasteiger partial charge in [-0.25, -0.2) is 0 Å². The van der Waals surface area contributed by atoms with Gasteiger partial charge in [-0.1, -0.05) is 24.3 Å². The number of aromatic hydroxyl groups is 1. The van der Waals surface area contributed by atoms with Crippen LogP contribution in [0.15, 0.2) is 53.4 Å². The Morgan fingerprint density at radius 1 is 1.17 bits per heavy atom. The second-order valence-corrected chi connectivity index (χ2v) is 7.19. The number of phenols is 1. The number of hydrogen-bond donors (Lipinski definition) is 3.